The van der Waals surface area contributed by atoms with Crippen molar-refractivity contribution in [1.82, 2.24) is 19.8 Å². The summed E-state index contributed by atoms with van der Waals surface area (Å²) >= 11 is 1.49. The van der Waals surface area contributed by atoms with Crippen LogP contribution in [0.4, 0.5) is 0 Å². The Morgan fingerprint density at radius 2 is 1.96 bits per heavy atom. The predicted octanol–water partition coefficient (Wildman–Crippen LogP) is 1.75. The summed E-state index contributed by atoms with van der Waals surface area (Å²) in [6.07, 6.45) is 3.47. The van der Waals surface area contributed by atoms with Crippen LogP contribution in [0.15, 0.2) is 52.5 Å². The molecule has 4 rings (SSSR count). The molecule has 3 heterocycles. The highest BCUT2D eigenvalue weighted by Gasteiger charge is 2.29. The standard InChI is InChI=1S/C20H24N4O2S/c25-18-6-9-21-20-24(18)13-16(14-27-20)19(26)22-17-7-10-23(11-8-17)12-15-4-2-1-3-5-15/h1-6,9,16-17H,7-8,10-14H2,(H,22,26)/t16-/m0/s1. The molecule has 1 amide bonds. The fraction of sp³-hybridized carbons (Fsp3) is 0.450. The molecule has 7 heteroatoms. The molecule has 1 aromatic carbocycles. The molecule has 1 N–H and O–H groups in total. The molecule has 0 unspecified atom stereocenters. The van der Waals surface area contributed by atoms with Crippen LogP contribution in [-0.4, -0.2) is 45.2 Å². The van der Waals surface area contributed by atoms with E-state index in [9.17, 15) is 9.59 Å². The first-order chi connectivity index (χ1) is 13.2. The summed E-state index contributed by atoms with van der Waals surface area (Å²) in [5.41, 5.74) is 1.25. The summed E-state index contributed by atoms with van der Waals surface area (Å²) in [7, 11) is 0. The third-order valence-electron chi connectivity index (χ3n) is 5.27. The zero-order chi connectivity index (χ0) is 18.6. The van der Waals surface area contributed by atoms with Crippen LogP contribution < -0.4 is 10.9 Å². The highest BCUT2D eigenvalue weighted by molar-refractivity contribution is 7.99. The Bertz CT molecular complexity index is 847. The van der Waals surface area contributed by atoms with Crippen molar-refractivity contribution in [2.24, 2.45) is 5.92 Å². The largest absolute Gasteiger partial charge is 0.353 e. The highest BCUT2D eigenvalue weighted by Crippen LogP contribution is 2.25. The molecule has 0 bridgehead atoms. The number of aromatic nitrogens is 2. The number of benzene rings is 1. The number of fused-ring (bicyclic) bond motifs is 1. The van der Waals surface area contributed by atoms with E-state index in [1.807, 2.05) is 6.07 Å². The molecule has 1 fully saturated rings. The van der Waals surface area contributed by atoms with Crippen LogP contribution in [-0.2, 0) is 17.9 Å². The summed E-state index contributed by atoms with van der Waals surface area (Å²) in [4.78, 5) is 31.3. The van der Waals surface area contributed by atoms with E-state index in [0.29, 0.717) is 17.5 Å². The summed E-state index contributed by atoms with van der Waals surface area (Å²) in [5, 5.41) is 3.92. The molecule has 1 atom stereocenters. The molecule has 2 aliphatic rings. The van der Waals surface area contributed by atoms with Crippen molar-refractivity contribution >= 4 is 17.7 Å². The van der Waals surface area contributed by atoms with Crippen molar-refractivity contribution < 1.29 is 4.79 Å². The van der Waals surface area contributed by atoms with Crippen LogP contribution in [0.25, 0.3) is 0 Å². The van der Waals surface area contributed by atoms with Gasteiger partial charge in [-0.1, -0.05) is 42.1 Å². The Balaban J connectivity index is 1.27. The van der Waals surface area contributed by atoms with Gasteiger partial charge in [-0.15, -0.1) is 0 Å². The smallest absolute Gasteiger partial charge is 0.254 e. The van der Waals surface area contributed by atoms with Gasteiger partial charge >= 0.3 is 0 Å². The lowest BCUT2D eigenvalue weighted by Crippen LogP contribution is -2.48. The van der Waals surface area contributed by atoms with E-state index in [-0.39, 0.29) is 23.4 Å². The van der Waals surface area contributed by atoms with Crippen LogP contribution >= 0.6 is 11.8 Å². The topological polar surface area (TPSA) is 67.2 Å². The molecule has 27 heavy (non-hydrogen) atoms. The Morgan fingerprint density at radius 1 is 1.19 bits per heavy atom. The zero-order valence-corrected chi connectivity index (χ0v) is 16.0. The van der Waals surface area contributed by atoms with Gasteiger partial charge in [0.2, 0.25) is 5.91 Å². The number of carbonyl (C=O) groups excluding carboxylic acids is 1. The van der Waals surface area contributed by atoms with Crippen molar-refractivity contribution in [2.75, 3.05) is 18.8 Å². The Labute approximate surface area is 163 Å². The lowest BCUT2D eigenvalue weighted by molar-refractivity contribution is -0.125. The summed E-state index contributed by atoms with van der Waals surface area (Å²) in [6, 6.07) is 12.2. The lowest BCUT2D eigenvalue weighted by atomic mass is 10.0. The minimum absolute atomic E-state index is 0.0606. The van der Waals surface area contributed by atoms with E-state index < -0.39 is 0 Å². The van der Waals surface area contributed by atoms with E-state index in [1.165, 1.54) is 29.6 Å². The van der Waals surface area contributed by atoms with E-state index >= 15 is 0 Å². The fourth-order valence-corrected chi connectivity index (χ4v) is 4.77. The molecule has 0 spiro atoms. The van der Waals surface area contributed by atoms with Crippen LogP contribution in [0.2, 0.25) is 0 Å². The van der Waals surface area contributed by atoms with E-state index in [0.717, 1.165) is 32.5 Å². The van der Waals surface area contributed by atoms with Crippen LogP contribution in [0.5, 0.6) is 0 Å². The Kier molecular flexibility index (Phi) is 5.59. The number of piperidine rings is 1. The van der Waals surface area contributed by atoms with Gasteiger partial charge in [0.05, 0.1) is 5.92 Å². The average molecular weight is 385 g/mol. The molecule has 1 aromatic heterocycles. The van der Waals surface area contributed by atoms with Gasteiger partial charge in [0.15, 0.2) is 5.16 Å². The fourth-order valence-electron chi connectivity index (χ4n) is 3.70. The van der Waals surface area contributed by atoms with Crippen LogP contribution in [0.1, 0.15) is 18.4 Å². The maximum atomic E-state index is 12.7. The monoisotopic (exact) mass is 384 g/mol. The molecular formula is C20H24N4O2S. The number of rotatable bonds is 4. The quantitative estimate of drug-likeness (QED) is 0.814. The SMILES string of the molecule is O=C(NC1CCN(Cc2ccccc2)CC1)[C@@H]1CSc2nccc(=O)n2C1. The number of hydrogen-bond acceptors (Lipinski definition) is 5. The van der Waals surface area contributed by atoms with Crippen molar-refractivity contribution in [1.29, 1.82) is 0 Å². The maximum Gasteiger partial charge on any atom is 0.254 e. The predicted molar refractivity (Wildman–Crippen MR) is 106 cm³/mol. The number of amides is 1. The van der Waals surface area contributed by atoms with Gasteiger partial charge in [0.25, 0.3) is 5.56 Å². The van der Waals surface area contributed by atoms with Crippen molar-refractivity contribution in [3.63, 3.8) is 0 Å². The number of nitrogens with one attached hydrogen (secondary N) is 1. The van der Waals surface area contributed by atoms with Gasteiger partial charge in [-0.3, -0.25) is 19.1 Å². The van der Waals surface area contributed by atoms with E-state index in [4.69, 9.17) is 0 Å². The number of thioether (sulfide) groups is 1. The molecule has 2 aromatic rings. The van der Waals surface area contributed by atoms with Crippen molar-refractivity contribution in [3.05, 3.63) is 58.5 Å². The number of hydrogen-bond donors (Lipinski definition) is 1. The molecule has 6 nitrogen and oxygen atoms in total. The van der Waals surface area contributed by atoms with Gasteiger partial charge in [-0.05, 0) is 18.4 Å². The highest BCUT2D eigenvalue weighted by atomic mass is 32.2. The normalized spacial score (nSPS) is 20.8. The Hall–Kier alpha value is -2.12. The second-order valence-electron chi connectivity index (χ2n) is 7.23. The second-order valence-corrected chi connectivity index (χ2v) is 8.22. The Morgan fingerprint density at radius 3 is 2.74 bits per heavy atom. The summed E-state index contributed by atoms with van der Waals surface area (Å²) in [6.45, 7) is 3.37. The zero-order valence-electron chi connectivity index (χ0n) is 15.2. The summed E-state index contributed by atoms with van der Waals surface area (Å²) in [5.74, 6) is 0.562. The third kappa shape index (κ3) is 4.42. The first-order valence-electron chi connectivity index (χ1n) is 9.44. The summed E-state index contributed by atoms with van der Waals surface area (Å²) < 4.78 is 1.61. The molecular weight excluding hydrogens is 360 g/mol. The van der Waals surface area contributed by atoms with Gasteiger partial charge in [-0.25, -0.2) is 4.98 Å². The van der Waals surface area contributed by atoms with E-state index in [1.54, 1.807) is 4.57 Å². The number of carbonyl (C=O) groups is 1. The lowest BCUT2D eigenvalue weighted by Gasteiger charge is -2.33. The molecule has 142 valence electrons. The minimum atomic E-state index is -0.174. The second kappa shape index (κ2) is 8.27. The van der Waals surface area contributed by atoms with Crippen molar-refractivity contribution in [3.8, 4) is 0 Å². The van der Waals surface area contributed by atoms with Crippen LogP contribution in [0.3, 0.4) is 0 Å². The average Bonchev–Trinajstić information content (AvgIpc) is 2.70. The van der Waals surface area contributed by atoms with E-state index in [2.05, 4.69) is 39.5 Å². The van der Waals surface area contributed by atoms with Crippen LogP contribution in [0, 0.1) is 5.92 Å². The number of nitrogens with zero attached hydrogens (tertiary/aromatic N) is 3. The molecule has 0 aliphatic carbocycles. The van der Waals surface area contributed by atoms with Gasteiger partial charge in [-0.2, -0.15) is 0 Å². The third-order valence-corrected chi connectivity index (χ3v) is 6.42. The first kappa shape index (κ1) is 18.3. The van der Waals surface area contributed by atoms with Gasteiger partial charge in [0.1, 0.15) is 0 Å². The molecule has 0 saturated carbocycles. The minimum Gasteiger partial charge on any atom is -0.353 e. The van der Waals surface area contributed by atoms with Gasteiger partial charge in [0, 0.05) is 50.2 Å². The van der Waals surface area contributed by atoms with Crippen molar-refractivity contribution in [2.45, 2.75) is 37.1 Å². The molecule has 1 saturated heterocycles. The number of likely N-dealkylation sites (tertiary alicyclic amines) is 1. The maximum absolute atomic E-state index is 12.7. The first-order valence-corrected chi connectivity index (χ1v) is 10.4. The molecule has 2 aliphatic heterocycles. The molecule has 0 radical (unpaired) electrons. The van der Waals surface area contributed by atoms with Gasteiger partial charge < -0.3 is 5.32 Å².